The standard InChI is InChI=1S/C12H11ClFN3/c1-7-4-9(14)2-3-11(7)17-12-10(15)5-8(13)6-16-12/h2-6H,15H2,1H3,(H,16,17). The van der Waals surface area contributed by atoms with Crippen molar-refractivity contribution >= 4 is 28.8 Å². The Morgan fingerprint density at radius 2 is 2.12 bits per heavy atom. The predicted octanol–water partition coefficient (Wildman–Crippen LogP) is 3.51. The molecule has 0 aliphatic carbocycles. The van der Waals surface area contributed by atoms with Crippen LogP contribution in [0.2, 0.25) is 5.02 Å². The maximum atomic E-state index is 12.9. The summed E-state index contributed by atoms with van der Waals surface area (Å²) in [4.78, 5) is 4.07. The normalized spacial score (nSPS) is 10.3. The van der Waals surface area contributed by atoms with Gasteiger partial charge in [0.2, 0.25) is 0 Å². The molecular formula is C12H11ClFN3. The summed E-state index contributed by atoms with van der Waals surface area (Å²) in [6.45, 7) is 1.80. The van der Waals surface area contributed by atoms with Gasteiger partial charge in [0.05, 0.1) is 10.7 Å². The molecule has 0 unspecified atom stereocenters. The molecular weight excluding hydrogens is 241 g/mol. The van der Waals surface area contributed by atoms with Crippen molar-refractivity contribution in [3.63, 3.8) is 0 Å². The molecule has 0 saturated carbocycles. The van der Waals surface area contributed by atoms with Crippen molar-refractivity contribution in [2.45, 2.75) is 6.92 Å². The maximum absolute atomic E-state index is 12.9. The van der Waals surface area contributed by atoms with Crippen LogP contribution in [0.5, 0.6) is 0 Å². The van der Waals surface area contributed by atoms with Gasteiger partial charge in [-0.3, -0.25) is 0 Å². The highest BCUT2D eigenvalue weighted by Crippen LogP contribution is 2.25. The molecule has 88 valence electrons. The molecule has 2 aromatic rings. The number of aromatic nitrogens is 1. The molecule has 17 heavy (non-hydrogen) atoms. The Morgan fingerprint density at radius 3 is 2.76 bits per heavy atom. The fourth-order valence-corrected chi connectivity index (χ4v) is 1.62. The molecule has 0 saturated heterocycles. The SMILES string of the molecule is Cc1cc(F)ccc1Nc1ncc(Cl)cc1N. The van der Waals surface area contributed by atoms with Crippen LogP contribution < -0.4 is 11.1 Å². The van der Waals surface area contributed by atoms with Crippen LogP contribution in [-0.2, 0) is 0 Å². The van der Waals surface area contributed by atoms with E-state index in [0.717, 1.165) is 11.3 Å². The van der Waals surface area contributed by atoms with Gasteiger partial charge in [0.15, 0.2) is 5.82 Å². The molecule has 0 amide bonds. The van der Waals surface area contributed by atoms with Gasteiger partial charge in [-0.05, 0) is 36.8 Å². The molecule has 3 N–H and O–H groups in total. The van der Waals surface area contributed by atoms with Crippen LogP contribution in [0.4, 0.5) is 21.6 Å². The second-order valence-electron chi connectivity index (χ2n) is 3.68. The van der Waals surface area contributed by atoms with Crippen molar-refractivity contribution in [1.29, 1.82) is 0 Å². The zero-order valence-electron chi connectivity index (χ0n) is 9.17. The summed E-state index contributed by atoms with van der Waals surface area (Å²) < 4.78 is 12.9. The molecule has 0 radical (unpaired) electrons. The Kier molecular flexibility index (Phi) is 3.15. The van der Waals surface area contributed by atoms with Gasteiger partial charge >= 0.3 is 0 Å². The third-order valence-corrected chi connectivity index (χ3v) is 2.53. The Labute approximate surface area is 103 Å². The van der Waals surface area contributed by atoms with E-state index in [2.05, 4.69) is 10.3 Å². The smallest absolute Gasteiger partial charge is 0.153 e. The minimum absolute atomic E-state index is 0.273. The zero-order valence-corrected chi connectivity index (χ0v) is 9.92. The largest absolute Gasteiger partial charge is 0.396 e. The van der Waals surface area contributed by atoms with Crippen molar-refractivity contribution in [2.75, 3.05) is 11.1 Å². The quantitative estimate of drug-likeness (QED) is 0.859. The zero-order chi connectivity index (χ0) is 12.4. The van der Waals surface area contributed by atoms with E-state index in [0.29, 0.717) is 16.5 Å². The van der Waals surface area contributed by atoms with E-state index in [9.17, 15) is 4.39 Å². The van der Waals surface area contributed by atoms with Crippen molar-refractivity contribution < 1.29 is 4.39 Å². The Bertz CT molecular complexity index is 508. The van der Waals surface area contributed by atoms with E-state index in [-0.39, 0.29) is 5.82 Å². The lowest BCUT2D eigenvalue weighted by Gasteiger charge is -2.10. The van der Waals surface area contributed by atoms with Crippen molar-refractivity contribution in [3.8, 4) is 0 Å². The Balaban J connectivity index is 2.31. The highest BCUT2D eigenvalue weighted by atomic mass is 35.5. The molecule has 0 fully saturated rings. The fraction of sp³-hybridized carbons (Fsp3) is 0.0833. The molecule has 1 aromatic carbocycles. The number of hydrogen-bond donors (Lipinski definition) is 2. The Hall–Kier alpha value is -1.81. The third kappa shape index (κ3) is 2.65. The first-order valence-corrected chi connectivity index (χ1v) is 5.38. The molecule has 5 heteroatoms. The van der Waals surface area contributed by atoms with Crippen LogP contribution >= 0.6 is 11.6 Å². The summed E-state index contributed by atoms with van der Waals surface area (Å²) in [5.41, 5.74) is 7.75. The van der Waals surface area contributed by atoms with Crippen LogP contribution in [0.25, 0.3) is 0 Å². The van der Waals surface area contributed by atoms with Gasteiger partial charge < -0.3 is 11.1 Å². The summed E-state index contributed by atoms with van der Waals surface area (Å²) in [6, 6.07) is 6.06. The molecule has 0 aliphatic heterocycles. The molecule has 1 heterocycles. The van der Waals surface area contributed by atoms with Crippen LogP contribution in [-0.4, -0.2) is 4.98 Å². The first-order valence-electron chi connectivity index (χ1n) is 5.00. The van der Waals surface area contributed by atoms with Crippen molar-refractivity contribution in [1.82, 2.24) is 4.98 Å². The number of rotatable bonds is 2. The molecule has 0 bridgehead atoms. The van der Waals surface area contributed by atoms with Gasteiger partial charge in [-0.25, -0.2) is 9.37 Å². The number of aryl methyl sites for hydroxylation is 1. The van der Waals surface area contributed by atoms with Gasteiger partial charge in [0.1, 0.15) is 5.82 Å². The van der Waals surface area contributed by atoms with E-state index in [1.807, 2.05) is 0 Å². The highest BCUT2D eigenvalue weighted by molar-refractivity contribution is 6.30. The van der Waals surface area contributed by atoms with Crippen LogP contribution in [0.3, 0.4) is 0 Å². The van der Waals surface area contributed by atoms with Gasteiger partial charge in [-0.15, -0.1) is 0 Å². The predicted molar refractivity (Wildman–Crippen MR) is 68.1 cm³/mol. The maximum Gasteiger partial charge on any atom is 0.153 e. The van der Waals surface area contributed by atoms with Gasteiger partial charge in [-0.2, -0.15) is 0 Å². The van der Waals surface area contributed by atoms with E-state index in [4.69, 9.17) is 17.3 Å². The molecule has 0 spiro atoms. The molecule has 2 rings (SSSR count). The van der Waals surface area contributed by atoms with Crippen molar-refractivity contribution in [2.24, 2.45) is 0 Å². The number of nitrogens with two attached hydrogens (primary N) is 1. The number of nitrogens with zero attached hydrogens (tertiary/aromatic N) is 1. The summed E-state index contributed by atoms with van der Waals surface area (Å²) in [6.07, 6.45) is 1.50. The van der Waals surface area contributed by atoms with Crippen LogP contribution in [0, 0.1) is 12.7 Å². The highest BCUT2D eigenvalue weighted by Gasteiger charge is 2.05. The number of hydrogen-bond acceptors (Lipinski definition) is 3. The van der Waals surface area contributed by atoms with E-state index >= 15 is 0 Å². The minimum atomic E-state index is -0.273. The lowest BCUT2D eigenvalue weighted by atomic mass is 10.2. The van der Waals surface area contributed by atoms with Gasteiger partial charge in [-0.1, -0.05) is 11.6 Å². The molecule has 0 atom stereocenters. The first-order chi connectivity index (χ1) is 8.06. The lowest BCUT2D eigenvalue weighted by molar-refractivity contribution is 0.627. The number of pyridine rings is 1. The van der Waals surface area contributed by atoms with Gasteiger partial charge in [0.25, 0.3) is 0 Å². The van der Waals surface area contributed by atoms with E-state index < -0.39 is 0 Å². The molecule has 0 aliphatic rings. The summed E-state index contributed by atoms with van der Waals surface area (Å²) in [5.74, 6) is 0.231. The first kappa shape index (κ1) is 11.7. The average molecular weight is 252 g/mol. The third-order valence-electron chi connectivity index (χ3n) is 2.33. The van der Waals surface area contributed by atoms with Crippen LogP contribution in [0.15, 0.2) is 30.5 Å². The van der Waals surface area contributed by atoms with Gasteiger partial charge in [0, 0.05) is 11.9 Å². The second kappa shape index (κ2) is 4.59. The average Bonchev–Trinajstić information content (AvgIpc) is 2.25. The topological polar surface area (TPSA) is 50.9 Å². The number of anilines is 3. The number of nitrogens with one attached hydrogen (secondary N) is 1. The second-order valence-corrected chi connectivity index (χ2v) is 4.11. The number of halogens is 2. The Morgan fingerprint density at radius 1 is 1.35 bits per heavy atom. The number of benzene rings is 1. The molecule has 1 aromatic heterocycles. The molecule has 3 nitrogen and oxygen atoms in total. The fourth-order valence-electron chi connectivity index (χ4n) is 1.45. The lowest BCUT2D eigenvalue weighted by Crippen LogP contribution is -2.00. The minimum Gasteiger partial charge on any atom is -0.396 e. The van der Waals surface area contributed by atoms with E-state index in [1.165, 1.54) is 18.3 Å². The summed E-state index contributed by atoms with van der Waals surface area (Å²) in [7, 11) is 0. The number of nitrogen functional groups attached to an aromatic ring is 1. The van der Waals surface area contributed by atoms with E-state index in [1.54, 1.807) is 19.1 Å². The van der Waals surface area contributed by atoms with Crippen molar-refractivity contribution in [3.05, 3.63) is 46.9 Å². The summed E-state index contributed by atoms with van der Waals surface area (Å²) in [5, 5.41) is 3.51. The van der Waals surface area contributed by atoms with Crippen LogP contribution in [0.1, 0.15) is 5.56 Å². The monoisotopic (exact) mass is 251 g/mol. The summed E-state index contributed by atoms with van der Waals surface area (Å²) >= 11 is 5.75.